The Morgan fingerprint density at radius 2 is 2.00 bits per heavy atom. The lowest BCUT2D eigenvalue weighted by Crippen LogP contribution is -2.46. The molecule has 3 atom stereocenters. The van der Waals surface area contributed by atoms with E-state index in [2.05, 4.69) is 4.74 Å². The van der Waals surface area contributed by atoms with E-state index in [4.69, 9.17) is 20.4 Å². The van der Waals surface area contributed by atoms with E-state index in [-0.39, 0.29) is 12.4 Å². The fourth-order valence-electron chi connectivity index (χ4n) is 0.858. The maximum Gasteiger partial charge on any atom is 0.161 e. The summed E-state index contributed by atoms with van der Waals surface area (Å²) in [5, 5.41) is 35.4. The number of hydrogen-bond donors (Lipinski definition) is 4. The van der Waals surface area contributed by atoms with Gasteiger partial charge in [0.15, 0.2) is 5.76 Å². The fourth-order valence-corrected chi connectivity index (χ4v) is 0.858. The maximum absolute atomic E-state index is 9.04. The van der Waals surface area contributed by atoms with Crippen LogP contribution in [0, 0.1) is 0 Å². The molecule has 5 heteroatoms. The van der Waals surface area contributed by atoms with Crippen LogP contribution in [0.2, 0.25) is 0 Å². The average Bonchev–Trinajstić information content (AvgIpc) is 2.01. The first kappa shape index (κ1) is 8.32. The first-order valence-electron chi connectivity index (χ1n) is 3.18. The number of aliphatic hydroxyl groups is 4. The van der Waals surface area contributed by atoms with E-state index in [1.807, 2.05) is 0 Å². The van der Waals surface area contributed by atoms with Gasteiger partial charge in [-0.25, -0.2) is 0 Å². The molecule has 0 amide bonds. The minimum absolute atomic E-state index is 0.120. The zero-order valence-corrected chi connectivity index (χ0v) is 5.71. The molecular formula is C6H10O5. The monoisotopic (exact) mass is 162 g/mol. The van der Waals surface area contributed by atoms with Crippen molar-refractivity contribution in [2.45, 2.75) is 18.3 Å². The topological polar surface area (TPSA) is 90.2 Å². The molecule has 1 saturated heterocycles. The van der Waals surface area contributed by atoms with Gasteiger partial charge in [-0.1, -0.05) is 0 Å². The van der Waals surface area contributed by atoms with Gasteiger partial charge >= 0.3 is 0 Å². The minimum atomic E-state index is -1.34. The summed E-state index contributed by atoms with van der Waals surface area (Å²) < 4.78 is 4.67. The number of aliphatic hydroxyl groups excluding tert-OH is 4. The van der Waals surface area contributed by atoms with Crippen molar-refractivity contribution >= 4 is 0 Å². The molecule has 1 rings (SSSR count). The molecule has 1 aliphatic rings. The SMILES string of the molecule is OC=C1OCC(O)C(O)C1O. The third-order valence-electron chi connectivity index (χ3n) is 1.56. The highest BCUT2D eigenvalue weighted by atomic mass is 16.5. The van der Waals surface area contributed by atoms with Crippen LogP contribution in [-0.2, 0) is 4.74 Å². The van der Waals surface area contributed by atoms with Crippen molar-refractivity contribution < 1.29 is 25.2 Å². The average molecular weight is 162 g/mol. The second-order valence-corrected chi connectivity index (χ2v) is 2.35. The van der Waals surface area contributed by atoms with Crippen LogP contribution in [0.15, 0.2) is 12.0 Å². The quantitative estimate of drug-likeness (QED) is 0.325. The van der Waals surface area contributed by atoms with Crippen LogP contribution in [0.3, 0.4) is 0 Å². The predicted molar refractivity (Wildman–Crippen MR) is 34.7 cm³/mol. The molecule has 0 saturated carbocycles. The van der Waals surface area contributed by atoms with Gasteiger partial charge in [-0.3, -0.25) is 0 Å². The lowest BCUT2D eigenvalue weighted by Gasteiger charge is -2.29. The minimum Gasteiger partial charge on any atom is -0.512 e. The lowest BCUT2D eigenvalue weighted by atomic mass is 10.0. The van der Waals surface area contributed by atoms with E-state index in [1.165, 1.54) is 0 Å². The summed E-state index contributed by atoms with van der Waals surface area (Å²) in [6.07, 6.45) is -3.17. The molecule has 0 aliphatic carbocycles. The predicted octanol–water partition coefficient (Wildman–Crippen LogP) is -1.50. The highest BCUT2D eigenvalue weighted by Gasteiger charge is 2.34. The van der Waals surface area contributed by atoms with Crippen molar-refractivity contribution in [3.63, 3.8) is 0 Å². The Labute approximate surface area is 63.2 Å². The van der Waals surface area contributed by atoms with Gasteiger partial charge in [-0.05, 0) is 0 Å². The van der Waals surface area contributed by atoms with Gasteiger partial charge in [0.05, 0.1) is 0 Å². The number of rotatable bonds is 0. The highest BCUT2D eigenvalue weighted by molar-refractivity contribution is 5.03. The van der Waals surface area contributed by atoms with E-state index in [1.54, 1.807) is 0 Å². The molecule has 64 valence electrons. The smallest absolute Gasteiger partial charge is 0.161 e. The van der Waals surface area contributed by atoms with Crippen molar-refractivity contribution in [2.75, 3.05) is 6.61 Å². The van der Waals surface area contributed by atoms with Crippen LogP contribution < -0.4 is 0 Å². The molecule has 1 fully saturated rings. The largest absolute Gasteiger partial charge is 0.512 e. The van der Waals surface area contributed by atoms with Crippen molar-refractivity contribution in [2.24, 2.45) is 0 Å². The standard InChI is InChI=1S/C6H10O5/c7-1-4-6(10)5(9)3(8)2-11-4/h1,3,5-10H,2H2. The molecule has 3 unspecified atom stereocenters. The molecule has 0 radical (unpaired) electrons. The molecule has 0 aromatic carbocycles. The summed E-state index contributed by atoms with van der Waals surface area (Å²) >= 11 is 0. The molecule has 4 N–H and O–H groups in total. The molecule has 5 nitrogen and oxygen atoms in total. The zero-order chi connectivity index (χ0) is 8.43. The van der Waals surface area contributed by atoms with Crippen LogP contribution in [0.25, 0.3) is 0 Å². The van der Waals surface area contributed by atoms with Gasteiger partial charge in [0.25, 0.3) is 0 Å². The van der Waals surface area contributed by atoms with Crippen molar-refractivity contribution in [3.05, 3.63) is 12.0 Å². The van der Waals surface area contributed by atoms with E-state index >= 15 is 0 Å². The molecule has 0 aromatic heterocycles. The Morgan fingerprint density at radius 3 is 2.55 bits per heavy atom. The Kier molecular flexibility index (Phi) is 2.33. The van der Waals surface area contributed by atoms with E-state index in [9.17, 15) is 0 Å². The molecular weight excluding hydrogens is 152 g/mol. The normalized spacial score (nSPS) is 42.1. The number of ether oxygens (including phenoxy) is 1. The molecule has 1 heterocycles. The van der Waals surface area contributed by atoms with Gasteiger partial charge in [0.1, 0.15) is 31.2 Å². The number of hydrogen-bond acceptors (Lipinski definition) is 5. The van der Waals surface area contributed by atoms with Crippen LogP contribution in [0.5, 0.6) is 0 Å². The molecule has 1 aliphatic heterocycles. The first-order valence-corrected chi connectivity index (χ1v) is 3.18. The summed E-state index contributed by atoms with van der Waals surface area (Å²) in [6.45, 7) is -0.120. The Morgan fingerprint density at radius 1 is 1.36 bits per heavy atom. The Balaban J connectivity index is 2.67. The van der Waals surface area contributed by atoms with Crippen LogP contribution >= 0.6 is 0 Å². The van der Waals surface area contributed by atoms with E-state index in [0.29, 0.717) is 6.26 Å². The van der Waals surface area contributed by atoms with E-state index in [0.717, 1.165) is 0 Å². The Bertz CT molecular complexity index is 166. The molecule has 11 heavy (non-hydrogen) atoms. The third-order valence-corrected chi connectivity index (χ3v) is 1.56. The zero-order valence-electron chi connectivity index (χ0n) is 5.71. The van der Waals surface area contributed by atoms with Gasteiger partial charge in [0.2, 0.25) is 0 Å². The highest BCUT2D eigenvalue weighted by Crippen LogP contribution is 2.17. The molecule has 0 bridgehead atoms. The van der Waals surface area contributed by atoms with Gasteiger partial charge in [-0.15, -0.1) is 0 Å². The summed E-state index contributed by atoms with van der Waals surface area (Å²) in [6, 6.07) is 0. The second kappa shape index (κ2) is 3.08. The third kappa shape index (κ3) is 1.45. The summed E-state index contributed by atoms with van der Waals surface area (Å²) in [5.74, 6) is -0.122. The van der Waals surface area contributed by atoms with Crippen molar-refractivity contribution in [1.29, 1.82) is 0 Å². The summed E-state index contributed by atoms with van der Waals surface area (Å²) in [4.78, 5) is 0. The Hall–Kier alpha value is -0.780. The summed E-state index contributed by atoms with van der Waals surface area (Å²) in [7, 11) is 0. The lowest BCUT2D eigenvalue weighted by molar-refractivity contribution is -0.121. The van der Waals surface area contributed by atoms with Crippen molar-refractivity contribution in [1.82, 2.24) is 0 Å². The maximum atomic E-state index is 9.04. The second-order valence-electron chi connectivity index (χ2n) is 2.35. The molecule has 0 spiro atoms. The van der Waals surface area contributed by atoms with E-state index < -0.39 is 18.3 Å². The fraction of sp³-hybridized carbons (Fsp3) is 0.667. The van der Waals surface area contributed by atoms with Crippen molar-refractivity contribution in [3.8, 4) is 0 Å². The van der Waals surface area contributed by atoms with Crippen LogP contribution in [-0.4, -0.2) is 45.3 Å². The molecule has 0 aromatic rings. The van der Waals surface area contributed by atoms with Crippen LogP contribution in [0.4, 0.5) is 0 Å². The van der Waals surface area contributed by atoms with Gasteiger partial charge in [-0.2, -0.15) is 0 Å². The van der Waals surface area contributed by atoms with Gasteiger partial charge in [0, 0.05) is 0 Å². The van der Waals surface area contributed by atoms with Crippen LogP contribution in [0.1, 0.15) is 0 Å². The summed E-state index contributed by atoms with van der Waals surface area (Å²) in [5.41, 5.74) is 0. The van der Waals surface area contributed by atoms with Gasteiger partial charge < -0.3 is 25.2 Å². The first-order chi connectivity index (χ1) is 5.16.